The van der Waals surface area contributed by atoms with Gasteiger partial charge in [-0.1, -0.05) is 17.7 Å². The molecule has 98 valence electrons. The molecule has 1 aromatic carbocycles. The third kappa shape index (κ3) is 2.50. The maximum absolute atomic E-state index is 6.47. The van der Waals surface area contributed by atoms with Crippen molar-refractivity contribution in [1.82, 2.24) is 5.32 Å². The van der Waals surface area contributed by atoms with E-state index in [9.17, 15) is 0 Å². The molecule has 2 aliphatic heterocycles. The van der Waals surface area contributed by atoms with Gasteiger partial charge in [-0.05, 0) is 62.4 Å². The summed E-state index contributed by atoms with van der Waals surface area (Å²) >= 11 is 6.47. The molecule has 0 radical (unpaired) electrons. The Kier molecular flexibility index (Phi) is 3.76. The molecule has 2 fully saturated rings. The van der Waals surface area contributed by atoms with Crippen molar-refractivity contribution in [3.05, 3.63) is 28.8 Å². The number of halogens is 1. The van der Waals surface area contributed by atoms with Crippen LogP contribution in [0.5, 0.6) is 0 Å². The van der Waals surface area contributed by atoms with Gasteiger partial charge in [-0.3, -0.25) is 0 Å². The van der Waals surface area contributed by atoms with Crippen LogP contribution >= 0.6 is 11.6 Å². The summed E-state index contributed by atoms with van der Waals surface area (Å²) in [5.74, 6) is 0.691. The van der Waals surface area contributed by atoms with Crippen LogP contribution in [0.1, 0.15) is 37.2 Å². The highest BCUT2D eigenvalue weighted by atomic mass is 35.5. The van der Waals surface area contributed by atoms with Crippen molar-refractivity contribution in [3.8, 4) is 0 Å². The summed E-state index contributed by atoms with van der Waals surface area (Å²) in [6.07, 6.45) is 5.07. The standard InChI is InChI=1S/C15H21ClN2/c16-14-11-13(12-5-7-17-8-6-12)3-4-15(14)18-9-1-2-10-18/h3-4,11-12,17H,1-2,5-10H2. The number of anilines is 1. The van der Waals surface area contributed by atoms with E-state index >= 15 is 0 Å². The molecule has 1 aromatic rings. The molecule has 0 amide bonds. The second kappa shape index (κ2) is 5.50. The third-order valence-electron chi connectivity index (χ3n) is 4.23. The molecule has 0 bridgehead atoms. The van der Waals surface area contributed by atoms with Crippen LogP contribution in [0.15, 0.2) is 18.2 Å². The Bertz CT molecular complexity index is 407. The molecule has 0 saturated carbocycles. The lowest BCUT2D eigenvalue weighted by Gasteiger charge is -2.25. The lowest BCUT2D eigenvalue weighted by molar-refractivity contribution is 0.460. The van der Waals surface area contributed by atoms with Gasteiger partial charge in [0, 0.05) is 13.1 Å². The Morgan fingerprint density at radius 1 is 1.11 bits per heavy atom. The molecule has 18 heavy (non-hydrogen) atoms. The fraction of sp³-hybridized carbons (Fsp3) is 0.600. The summed E-state index contributed by atoms with van der Waals surface area (Å²) in [6.45, 7) is 4.59. The van der Waals surface area contributed by atoms with Crippen molar-refractivity contribution in [2.45, 2.75) is 31.6 Å². The smallest absolute Gasteiger partial charge is 0.0642 e. The first-order valence-electron chi connectivity index (χ1n) is 7.10. The van der Waals surface area contributed by atoms with Crippen LogP contribution in [0.25, 0.3) is 0 Å². The summed E-state index contributed by atoms with van der Waals surface area (Å²) in [6, 6.07) is 6.71. The van der Waals surface area contributed by atoms with Crippen molar-refractivity contribution in [2.24, 2.45) is 0 Å². The van der Waals surface area contributed by atoms with Gasteiger partial charge >= 0.3 is 0 Å². The Hall–Kier alpha value is -0.730. The van der Waals surface area contributed by atoms with Crippen LogP contribution in [-0.4, -0.2) is 26.2 Å². The van der Waals surface area contributed by atoms with Crippen LogP contribution in [0.3, 0.4) is 0 Å². The SMILES string of the molecule is Clc1cc(C2CCNCC2)ccc1N1CCCC1. The Morgan fingerprint density at radius 3 is 2.50 bits per heavy atom. The van der Waals surface area contributed by atoms with E-state index < -0.39 is 0 Å². The zero-order valence-electron chi connectivity index (χ0n) is 10.8. The van der Waals surface area contributed by atoms with Crippen LogP contribution in [0.2, 0.25) is 5.02 Å². The highest BCUT2D eigenvalue weighted by Crippen LogP contribution is 2.33. The van der Waals surface area contributed by atoms with E-state index in [4.69, 9.17) is 11.6 Å². The predicted octanol–water partition coefficient (Wildman–Crippen LogP) is 3.41. The molecule has 2 saturated heterocycles. The van der Waals surface area contributed by atoms with E-state index in [0.717, 1.165) is 31.2 Å². The van der Waals surface area contributed by atoms with Crippen molar-refractivity contribution in [1.29, 1.82) is 0 Å². The van der Waals surface area contributed by atoms with Gasteiger partial charge in [0.15, 0.2) is 0 Å². The highest BCUT2D eigenvalue weighted by molar-refractivity contribution is 6.33. The van der Waals surface area contributed by atoms with Crippen molar-refractivity contribution >= 4 is 17.3 Å². The molecule has 2 nitrogen and oxygen atoms in total. The number of benzene rings is 1. The molecule has 3 heteroatoms. The van der Waals surface area contributed by atoms with Crippen LogP contribution in [-0.2, 0) is 0 Å². The van der Waals surface area contributed by atoms with E-state index in [2.05, 4.69) is 28.4 Å². The van der Waals surface area contributed by atoms with Gasteiger partial charge in [0.05, 0.1) is 10.7 Å². The first-order chi connectivity index (χ1) is 8.84. The number of piperidine rings is 1. The minimum Gasteiger partial charge on any atom is -0.370 e. The van der Waals surface area contributed by atoms with Crippen LogP contribution < -0.4 is 10.2 Å². The monoisotopic (exact) mass is 264 g/mol. The average molecular weight is 265 g/mol. The van der Waals surface area contributed by atoms with Gasteiger partial charge < -0.3 is 10.2 Å². The van der Waals surface area contributed by atoms with E-state index in [-0.39, 0.29) is 0 Å². The van der Waals surface area contributed by atoms with Crippen molar-refractivity contribution in [3.63, 3.8) is 0 Å². The maximum Gasteiger partial charge on any atom is 0.0642 e. The minimum atomic E-state index is 0.691. The first-order valence-corrected chi connectivity index (χ1v) is 7.47. The summed E-state index contributed by atoms with van der Waals surface area (Å²) in [7, 11) is 0. The number of nitrogens with zero attached hydrogens (tertiary/aromatic N) is 1. The predicted molar refractivity (Wildman–Crippen MR) is 77.7 cm³/mol. The van der Waals surface area contributed by atoms with Gasteiger partial charge in [0.1, 0.15) is 0 Å². The molecule has 0 spiro atoms. The second-order valence-electron chi connectivity index (χ2n) is 5.43. The zero-order valence-corrected chi connectivity index (χ0v) is 11.5. The molecule has 0 unspecified atom stereocenters. The Morgan fingerprint density at radius 2 is 1.83 bits per heavy atom. The van der Waals surface area contributed by atoms with E-state index in [1.165, 1.54) is 36.9 Å². The summed E-state index contributed by atoms with van der Waals surface area (Å²) in [4.78, 5) is 2.41. The summed E-state index contributed by atoms with van der Waals surface area (Å²) in [5.41, 5.74) is 2.65. The topological polar surface area (TPSA) is 15.3 Å². The lowest BCUT2D eigenvalue weighted by atomic mass is 9.90. The van der Waals surface area contributed by atoms with Gasteiger partial charge in [-0.25, -0.2) is 0 Å². The Labute approximate surface area is 114 Å². The highest BCUT2D eigenvalue weighted by Gasteiger charge is 2.19. The molecule has 2 heterocycles. The largest absolute Gasteiger partial charge is 0.370 e. The lowest BCUT2D eigenvalue weighted by Crippen LogP contribution is -2.26. The molecule has 2 aliphatic rings. The molecule has 0 aromatic heterocycles. The fourth-order valence-electron chi connectivity index (χ4n) is 3.15. The normalized spacial score (nSPS) is 21.5. The van der Waals surface area contributed by atoms with Crippen LogP contribution in [0, 0.1) is 0 Å². The molecular formula is C15H21ClN2. The summed E-state index contributed by atoms with van der Waals surface area (Å²) < 4.78 is 0. The van der Waals surface area contributed by atoms with Crippen molar-refractivity contribution < 1.29 is 0 Å². The minimum absolute atomic E-state index is 0.691. The maximum atomic E-state index is 6.47. The molecule has 1 N–H and O–H groups in total. The fourth-order valence-corrected chi connectivity index (χ4v) is 3.46. The van der Waals surface area contributed by atoms with Gasteiger partial charge in [0.2, 0.25) is 0 Å². The summed E-state index contributed by atoms with van der Waals surface area (Å²) in [5, 5.41) is 4.35. The van der Waals surface area contributed by atoms with Crippen LogP contribution in [0.4, 0.5) is 5.69 Å². The van der Waals surface area contributed by atoms with E-state index in [1.54, 1.807) is 0 Å². The first kappa shape index (κ1) is 12.3. The van der Waals surface area contributed by atoms with Gasteiger partial charge in [0.25, 0.3) is 0 Å². The second-order valence-corrected chi connectivity index (χ2v) is 5.84. The van der Waals surface area contributed by atoms with Gasteiger partial charge in [-0.15, -0.1) is 0 Å². The van der Waals surface area contributed by atoms with Crippen molar-refractivity contribution in [2.75, 3.05) is 31.1 Å². The van der Waals surface area contributed by atoms with Gasteiger partial charge in [-0.2, -0.15) is 0 Å². The number of nitrogens with one attached hydrogen (secondary N) is 1. The molecule has 3 rings (SSSR count). The van der Waals surface area contributed by atoms with E-state index in [1.807, 2.05) is 0 Å². The van der Waals surface area contributed by atoms with E-state index in [0.29, 0.717) is 5.92 Å². The molecule has 0 aliphatic carbocycles. The zero-order chi connectivity index (χ0) is 12.4. The molecule has 0 atom stereocenters. The Balaban J connectivity index is 1.79. The quantitative estimate of drug-likeness (QED) is 0.881. The third-order valence-corrected chi connectivity index (χ3v) is 4.53. The molecular weight excluding hydrogens is 244 g/mol. The number of hydrogen-bond donors (Lipinski definition) is 1. The average Bonchev–Trinajstić information content (AvgIpc) is 2.93. The number of rotatable bonds is 2. The number of hydrogen-bond acceptors (Lipinski definition) is 2.